The summed E-state index contributed by atoms with van der Waals surface area (Å²) in [4.78, 5) is -1.08. The number of nitrogens with zero attached hydrogens (tertiary/aromatic N) is 1. The molecule has 0 amide bonds. The molecule has 0 aliphatic carbocycles. The fraction of sp³-hybridized carbons (Fsp3) is 0. The molecule has 86 valence electrons. The van der Waals surface area contributed by atoms with Gasteiger partial charge in [0.05, 0.1) is 10.6 Å². The number of sulfonamides is 1. The molecule has 0 bridgehead atoms. The van der Waals surface area contributed by atoms with E-state index in [1.807, 2.05) is 0 Å². The Bertz CT molecular complexity index is 678. The van der Waals surface area contributed by atoms with Crippen LogP contribution >= 0.6 is 0 Å². The van der Waals surface area contributed by atoms with E-state index in [0.29, 0.717) is 0 Å². The zero-order valence-electron chi connectivity index (χ0n) is 7.58. The van der Waals surface area contributed by atoms with E-state index in [1.54, 1.807) is 0 Å². The molecule has 0 atom stereocenters. The maximum Gasteiger partial charge on any atom is 0.332 e. The Morgan fingerprint density at radius 1 is 1.31 bits per heavy atom. The van der Waals surface area contributed by atoms with Gasteiger partial charge < -0.3 is 5.32 Å². The standard InChI is InChI=1S/C7H5FN2O4S2/c8-15(11,12)5-1-2-6-7(3-5)16(13,14)10-4-9-6/h1-4H,(H,9,10). The molecule has 6 nitrogen and oxygen atoms in total. The largest absolute Gasteiger partial charge is 0.345 e. The first-order valence-corrected chi connectivity index (χ1v) is 6.77. The number of benzene rings is 1. The quantitative estimate of drug-likeness (QED) is 0.745. The Hall–Kier alpha value is -1.48. The molecule has 0 unspecified atom stereocenters. The van der Waals surface area contributed by atoms with E-state index in [0.717, 1.165) is 24.5 Å². The Morgan fingerprint density at radius 2 is 2.00 bits per heavy atom. The molecule has 16 heavy (non-hydrogen) atoms. The van der Waals surface area contributed by atoms with Crippen LogP contribution in [0.1, 0.15) is 0 Å². The van der Waals surface area contributed by atoms with Gasteiger partial charge in [0.15, 0.2) is 0 Å². The molecule has 1 heterocycles. The third kappa shape index (κ3) is 1.78. The molecule has 0 radical (unpaired) electrons. The van der Waals surface area contributed by atoms with Crippen LogP contribution < -0.4 is 5.32 Å². The fourth-order valence-electron chi connectivity index (χ4n) is 1.21. The number of anilines is 1. The van der Waals surface area contributed by atoms with Gasteiger partial charge in [-0.05, 0) is 18.2 Å². The molecule has 1 aromatic carbocycles. The first kappa shape index (κ1) is 11.0. The smallest absolute Gasteiger partial charge is 0.332 e. The van der Waals surface area contributed by atoms with Crippen molar-refractivity contribution in [1.82, 2.24) is 0 Å². The minimum atomic E-state index is -4.93. The summed E-state index contributed by atoms with van der Waals surface area (Å²) in [5.41, 5.74) is 0.155. The van der Waals surface area contributed by atoms with Crippen molar-refractivity contribution in [1.29, 1.82) is 0 Å². The van der Waals surface area contributed by atoms with Crippen LogP contribution in [0, 0.1) is 0 Å². The summed E-state index contributed by atoms with van der Waals surface area (Å²) < 4.78 is 59.8. The zero-order valence-corrected chi connectivity index (χ0v) is 9.22. The van der Waals surface area contributed by atoms with Gasteiger partial charge >= 0.3 is 10.2 Å². The Morgan fingerprint density at radius 3 is 2.62 bits per heavy atom. The minimum absolute atomic E-state index is 0.155. The number of nitrogens with one attached hydrogen (secondary N) is 1. The normalized spacial score (nSPS) is 17.6. The Kier molecular flexibility index (Phi) is 2.24. The Labute approximate surface area is 91.1 Å². The molecule has 0 saturated carbocycles. The predicted octanol–water partition coefficient (Wildman–Crippen LogP) is 0.487. The van der Waals surface area contributed by atoms with Crippen molar-refractivity contribution in [2.75, 3.05) is 5.32 Å². The Balaban J connectivity index is 2.74. The van der Waals surface area contributed by atoms with E-state index in [4.69, 9.17) is 0 Å². The van der Waals surface area contributed by atoms with E-state index in [-0.39, 0.29) is 10.6 Å². The lowest BCUT2D eigenvalue weighted by atomic mass is 10.3. The highest BCUT2D eigenvalue weighted by Gasteiger charge is 2.24. The highest BCUT2D eigenvalue weighted by Crippen LogP contribution is 2.28. The van der Waals surface area contributed by atoms with Gasteiger partial charge in [-0.15, -0.1) is 8.28 Å². The summed E-state index contributed by atoms with van der Waals surface area (Å²) >= 11 is 0. The number of hydrogen-bond acceptors (Lipinski definition) is 5. The van der Waals surface area contributed by atoms with Crippen molar-refractivity contribution < 1.29 is 20.7 Å². The maximum atomic E-state index is 12.7. The van der Waals surface area contributed by atoms with Gasteiger partial charge in [0.2, 0.25) is 0 Å². The lowest BCUT2D eigenvalue weighted by molar-refractivity contribution is 0.552. The van der Waals surface area contributed by atoms with Crippen LogP contribution in [0.2, 0.25) is 0 Å². The van der Waals surface area contributed by atoms with Gasteiger partial charge in [-0.2, -0.15) is 16.8 Å². The van der Waals surface area contributed by atoms with E-state index < -0.39 is 25.1 Å². The van der Waals surface area contributed by atoms with Crippen molar-refractivity contribution in [2.24, 2.45) is 4.40 Å². The SMILES string of the molecule is O=S(=O)(F)c1ccc2c(c1)S(=O)(=O)N=CN2. The third-order valence-corrected chi connectivity index (χ3v) is 4.02. The summed E-state index contributed by atoms with van der Waals surface area (Å²) in [5, 5.41) is 2.51. The van der Waals surface area contributed by atoms with Crippen LogP contribution in [-0.4, -0.2) is 23.2 Å². The van der Waals surface area contributed by atoms with Gasteiger partial charge in [-0.1, -0.05) is 0 Å². The van der Waals surface area contributed by atoms with Crippen molar-refractivity contribution in [2.45, 2.75) is 9.79 Å². The summed E-state index contributed by atoms with van der Waals surface area (Å²) in [6, 6.07) is 2.85. The van der Waals surface area contributed by atoms with Crippen molar-refractivity contribution in [3.05, 3.63) is 18.2 Å². The molecule has 1 aliphatic rings. The van der Waals surface area contributed by atoms with Crippen LogP contribution in [0.4, 0.5) is 9.57 Å². The molecule has 2 rings (SSSR count). The molecule has 1 aliphatic heterocycles. The molecular weight excluding hydrogens is 259 g/mol. The van der Waals surface area contributed by atoms with Crippen molar-refractivity contribution in [3.8, 4) is 0 Å². The summed E-state index contributed by atoms with van der Waals surface area (Å²) in [7, 11) is -8.88. The number of fused-ring (bicyclic) bond motifs is 1. The first-order chi connectivity index (χ1) is 7.31. The second-order valence-corrected chi connectivity index (χ2v) is 5.90. The summed E-state index contributed by atoms with van der Waals surface area (Å²) in [5.74, 6) is 0. The van der Waals surface area contributed by atoms with Crippen LogP contribution in [0.25, 0.3) is 0 Å². The first-order valence-electron chi connectivity index (χ1n) is 3.95. The lowest BCUT2D eigenvalue weighted by Crippen LogP contribution is -2.12. The predicted molar refractivity (Wildman–Crippen MR) is 54.0 cm³/mol. The van der Waals surface area contributed by atoms with Gasteiger partial charge in [-0.25, -0.2) is 0 Å². The lowest BCUT2D eigenvalue weighted by Gasteiger charge is -2.12. The monoisotopic (exact) mass is 264 g/mol. The molecule has 9 heteroatoms. The highest BCUT2D eigenvalue weighted by atomic mass is 32.3. The second-order valence-electron chi connectivity index (χ2n) is 2.95. The van der Waals surface area contributed by atoms with E-state index >= 15 is 0 Å². The van der Waals surface area contributed by atoms with Gasteiger partial charge in [0, 0.05) is 0 Å². The zero-order chi connectivity index (χ0) is 12.0. The molecule has 1 aromatic rings. The second kappa shape index (κ2) is 3.25. The molecule has 1 N–H and O–H groups in total. The van der Waals surface area contributed by atoms with Gasteiger partial charge in [-0.3, -0.25) is 0 Å². The number of halogens is 1. The topological polar surface area (TPSA) is 92.7 Å². The molecule has 0 fully saturated rings. The van der Waals surface area contributed by atoms with Crippen LogP contribution in [0.5, 0.6) is 0 Å². The van der Waals surface area contributed by atoms with E-state index in [9.17, 15) is 20.7 Å². The number of hydrogen-bond donors (Lipinski definition) is 1. The number of rotatable bonds is 1. The van der Waals surface area contributed by atoms with E-state index in [1.165, 1.54) is 0 Å². The summed E-state index contributed by atoms with van der Waals surface area (Å²) in [6.45, 7) is 0. The highest BCUT2D eigenvalue weighted by molar-refractivity contribution is 7.90. The van der Waals surface area contributed by atoms with Crippen molar-refractivity contribution >= 4 is 32.3 Å². The van der Waals surface area contributed by atoms with Crippen LogP contribution in [0.15, 0.2) is 32.4 Å². The molecule has 0 spiro atoms. The summed E-state index contributed by atoms with van der Waals surface area (Å²) in [6.07, 6.45) is 0.960. The minimum Gasteiger partial charge on any atom is -0.345 e. The van der Waals surface area contributed by atoms with Crippen LogP contribution in [0.3, 0.4) is 0 Å². The average Bonchev–Trinajstić information content (AvgIpc) is 2.15. The molecular formula is C7H5FN2O4S2. The van der Waals surface area contributed by atoms with Gasteiger partial charge in [0.25, 0.3) is 10.0 Å². The van der Waals surface area contributed by atoms with E-state index in [2.05, 4.69) is 9.71 Å². The average molecular weight is 264 g/mol. The third-order valence-electron chi connectivity index (χ3n) is 1.92. The van der Waals surface area contributed by atoms with Gasteiger partial charge in [0.1, 0.15) is 11.2 Å². The fourth-order valence-corrected chi connectivity index (χ4v) is 2.76. The van der Waals surface area contributed by atoms with Crippen LogP contribution in [-0.2, 0) is 20.2 Å². The van der Waals surface area contributed by atoms with Crippen molar-refractivity contribution in [3.63, 3.8) is 0 Å². The maximum absolute atomic E-state index is 12.7. The molecule has 0 saturated heterocycles. The molecule has 0 aromatic heterocycles.